The highest BCUT2D eigenvalue weighted by Gasteiger charge is 2.05. The lowest BCUT2D eigenvalue weighted by Crippen LogP contribution is -2.01. The van der Waals surface area contributed by atoms with Crippen molar-refractivity contribution in [3.8, 4) is 5.75 Å². The summed E-state index contributed by atoms with van der Waals surface area (Å²) in [7, 11) is 0. The number of benzene rings is 1. The average Bonchev–Trinajstić information content (AvgIpc) is 2.37. The third kappa shape index (κ3) is 3.05. The summed E-state index contributed by atoms with van der Waals surface area (Å²) < 4.78 is 18.9. The van der Waals surface area contributed by atoms with E-state index in [1.54, 1.807) is 6.07 Å². The number of aryl methyl sites for hydroxylation is 1. The number of hydrogen-bond donors (Lipinski definition) is 1. The first-order valence-corrected chi connectivity index (χ1v) is 5.63. The quantitative estimate of drug-likeness (QED) is 0.903. The van der Waals surface area contributed by atoms with Crippen molar-refractivity contribution in [3.05, 3.63) is 59.2 Å². The molecule has 1 aromatic carbocycles. The van der Waals surface area contributed by atoms with Gasteiger partial charge in [-0.3, -0.25) is 4.98 Å². The van der Waals surface area contributed by atoms with Gasteiger partial charge in [-0.05, 0) is 36.8 Å². The first kappa shape index (κ1) is 12.5. The average molecular weight is 247 g/mol. The maximum atomic E-state index is 13.6. The van der Waals surface area contributed by atoms with Gasteiger partial charge in [-0.2, -0.15) is 0 Å². The van der Waals surface area contributed by atoms with Crippen molar-refractivity contribution in [2.24, 2.45) is 0 Å². The molecule has 0 fully saturated rings. The molecule has 1 heterocycles. The van der Waals surface area contributed by atoms with Crippen molar-refractivity contribution >= 4 is 0 Å². The number of pyridine rings is 1. The summed E-state index contributed by atoms with van der Waals surface area (Å²) in [5, 5.41) is 8.87. The predicted octanol–water partition coefficient (Wildman–Crippen LogP) is 2.60. The number of ether oxygens (including phenoxy) is 1. The molecule has 0 aliphatic carbocycles. The maximum absolute atomic E-state index is 13.6. The Balaban J connectivity index is 2.06. The van der Waals surface area contributed by atoms with Gasteiger partial charge in [-0.25, -0.2) is 4.39 Å². The minimum absolute atomic E-state index is 0.163. The second-order valence-corrected chi connectivity index (χ2v) is 3.98. The molecule has 18 heavy (non-hydrogen) atoms. The molecule has 0 radical (unpaired) electrons. The highest BCUT2D eigenvalue weighted by Crippen LogP contribution is 2.19. The van der Waals surface area contributed by atoms with Crippen LogP contribution in [0.3, 0.4) is 0 Å². The Labute approximate surface area is 105 Å². The van der Waals surface area contributed by atoms with E-state index >= 15 is 0 Å². The molecule has 1 N–H and O–H groups in total. The number of nitrogens with zero attached hydrogens (tertiary/aromatic N) is 1. The third-order valence-electron chi connectivity index (χ3n) is 2.50. The Bertz CT molecular complexity index is 543. The number of rotatable bonds is 4. The lowest BCUT2D eigenvalue weighted by atomic mass is 10.2. The molecule has 2 aromatic rings. The fraction of sp³-hybridized carbons (Fsp3) is 0.214. The molecule has 0 bridgehead atoms. The molecule has 0 aliphatic heterocycles. The molecular formula is C14H14FNO2. The van der Waals surface area contributed by atoms with E-state index in [4.69, 9.17) is 9.84 Å². The van der Waals surface area contributed by atoms with E-state index in [-0.39, 0.29) is 19.0 Å². The minimum atomic E-state index is -0.478. The highest BCUT2D eigenvalue weighted by molar-refractivity contribution is 5.29. The second-order valence-electron chi connectivity index (χ2n) is 3.98. The van der Waals surface area contributed by atoms with Gasteiger partial charge in [0.1, 0.15) is 6.61 Å². The molecule has 94 valence electrons. The summed E-state index contributed by atoms with van der Waals surface area (Å²) >= 11 is 0. The van der Waals surface area contributed by atoms with E-state index < -0.39 is 5.82 Å². The number of aromatic nitrogens is 1. The van der Waals surface area contributed by atoms with Gasteiger partial charge in [-0.15, -0.1) is 0 Å². The Morgan fingerprint density at radius 1 is 1.28 bits per heavy atom. The SMILES string of the molecule is Cc1cccc(COc2ccc(CO)cc2F)n1. The van der Waals surface area contributed by atoms with Gasteiger partial charge in [-0.1, -0.05) is 12.1 Å². The molecule has 1 aromatic heterocycles. The van der Waals surface area contributed by atoms with Gasteiger partial charge in [0.25, 0.3) is 0 Å². The molecule has 4 heteroatoms. The van der Waals surface area contributed by atoms with E-state index in [2.05, 4.69) is 4.98 Å². The molecule has 0 aliphatic rings. The number of hydrogen-bond acceptors (Lipinski definition) is 3. The Hall–Kier alpha value is -1.94. The molecule has 0 spiro atoms. The zero-order chi connectivity index (χ0) is 13.0. The van der Waals surface area contributed by atoms with Crippen LogP contribution >= 0.6 is 0 Å². The first-order chi connectivity index (χ1) is 8.69. The summed E-state index contributed by atoms with van der Waals surface area (Å²) in [5.74, 6) is -0.315. The summed E-state index contributed by atoms with van der Waals surface area (Å²) in [6.07, 6.45) is 0. The van der Waals surface area contributed by atoms with Crippen LogP contribution in [0.25, 0.3) is 0 Å². The zero-order valence-corrected chi connectivity index (χ0v) is 10.1. The Morgan fingerprint density at radius 2 is 2.11 bits per heavy atom. The third-order valence-corrected chi connectivity index (χ3v) is 2.50. The predicted molar refractivity (Wildman–Crippen MR) is 65.6 cm³/mol. The lowest BCUT2D eigenvalue weighted by Gasteiger charge is -2.08. The maximum Gasteiger partial charge on any atom is 0.165 e. The van der Waals surface area contributed by atoms with Crippen LogP contribution in [0.5, 0.6) is 5.75 Å². The normalized spacial score (nSPS) is 10.4. The Morgan fingerprint density at radius 3 is 2.78 bits per heavy atom. The number of aliphatic hydroxyl groups excluding tert-OH is 1. The summed E-state index contributed by atoms with van der Waals surface area (Å²) in [5.41, 5.74) is 2.17. The highest BCUT2D eigenvalue weighted by atomic mass is 19.1. The van der Waals surface area contributed by atoms with Gasteiger partial charge in [0, 0.05) is 5.69 Å². The fourth-order valence-electron chi connectivity index (χ4n) is 1.59. The van der Waals surface area contributed by atoms with Crippen LogP contribution in [0.1, 0.15) is 17.0 Å². The van der Waals surface area contributed by atoms with Crippen LogP contribution in [0.4, 0.5) is 4.39 Å². The van der Waals surface area contributed by atoms with Crippen molar-refractivity contribution < 1.29 is 14.2 Å². The van der Waals surface area contributed by atoms with E-state index in [0.29, 0.717) is 5.56 Å². The van der Waals surface area contributed by atoms with E-state index in [1.165, 1.54) is 12.1 Å². The smallest absolute Gasteiger partial charge is 0.165 e. The standard InChI is InChI=1S/C14H14FNO2/c1-10-3-2-4-12(16-10)9-18-14-6-5-11(8-17)7-13(14)15/h2-7,17H,8-9H2,1H3. The number of aliphatic hydroxyl groups is 1. The van der Waals surface area contributed by atoms with Crippen LogP contribution < -0.4 is 4.74 Å². The largest absolute Gasteiger partial charge is 0.484 e. The van der Waals surface area contributed by atoms with Gasteiger partial charge < -0.3 is 9.84 Å². The van der Waals surface area contributed by atoms with E-state index in [0.717, 1.165) is 11.4 Å². The minimum Gasteiger partial charge on any atom is -0.484 e. The molecule has 3 nitrogen and oxygen atoms in total. The van der Waals surface area contributed by atoms with Crippen molar-refractivity contribution in [2.75, 3.05) is 0 Å². The molecule has 0 saturated carbocycles. The number of halogens is 1. The van der Waals surface area contributed by atoms with Crippen molar-refractivity contribution in [2.45, 2.75) is 20.1 Å². The summed E-state index contributed by atoms with van der Waals surface area (Å²) in [6, 6.07) is 10.00. The van der Waals surface area contributed by atoms with Gasteiger partial charge in [0.15, 0.2) is 11.6 Å². The molecule has 0 amide bonds. The fourth-order valence-corrected chi connectivity index (χ4v) is 1.59. The van der Waals surface area contributed by atoms with Crippen molar-refractivity contribution in [1.82, 2.24) is 4.98 Å². The molecular weight excluding hydrogens is 233 g/mol. The van der Waals surface area contributed by atoms with E-state index in [9.17, 15) is 4.39 Å². The second kappa shape index (κ2) is 5.60. The topological polar surface area (TPSA) is 42.4 Å². The van der Waals surface area contributed by atoms with Gasteiger partial charge >= 0.3 is 0 Å². The van der Waals surface area contributed by atoms with Crippen molar-refractivity contribution in [1.29, 1.82) is 0 Å². The van der Waals surface area contributed by atoms with Crippen molar-refractivity contribution in [3.63, 3.8) is 0 Å². The van der Waals surface area contributed by atoms with E-state index in [1.807, 2.05) is 25.1 Å². The zero-order valence-electron chi connectivity index (χ0n) is 10.1. The monoisotopic (exact) mass is 247 g/mol. The lowest BCUT2D eigenvalue weighted by molar-refractivity contribution is 0.275. The molecule has 2 rings (SSSR count). The summed E-state index contributed by atoms with van der Waals surface area (Å²) in [4.78, 5) is 4.26. The van der Waals surface area contributed by atoms with Gasteiger partial charge in [0.05, 0.1) is 12.3 Å². The van der Waals surface area contributed by atoms with Crippen LogP contribution in [0, 0.1) is 12.7 Å². The first-order valence-electron chi connectivity index (χ1n) is 5.63. The molecule has 0 unspecified atom stereocenters. The molecule has 0 atom stereocenters. The van der Waals surface area contributed by atoms with Crippen LogP contribution in [-0.4, -0.2) is 10.1 Å². The molecule has 0 saturated heterocycles. The Kier molecular flexibility index (Phi) is 3.89. The summed E-state index contributed by atoms with van der Waals surface area (Å²) in [6.45, 7) is 1.92. The van der Waals surface area contributed by atoms with Gasteiger partial charge in [0.2, 0.25) is 0 Å². The van der Waals surface area contributed by atoms with Crippen LogP contribution in [0.2, 0.25) is 0 Å². The van der Waals surface area contributed by atoms with Crippen LogP contribution in [0.15, 0.2) is 36.4 Å². The van der Waals surface area contributed by atoms with Crippen LogP contribution in [-0.2, 0) is 13.2 Å².